The molecule has 1 saturated carbocycles. The minimum atomic E-state index is 0.0452. The third kappa shape index (κ3) is 3.66. The van der Waals surface area contributed by atoms with E-state index in [2.05, 4.69) is 17.3 Å². The molecule has 28 heavy (non-hydrogen) atoms. The van der Waals surface area contributed by atoms with Gasteiger partial charge >= 0.3 is 0 Å². The van der Waals surface area contributed by atoms with Crippen LogP contribution in [0.4, 0.5) is 0 Å². The molecule has 0 aromatic carbocycles. The largest absolute Gasteiger partial charge is 0.376 e. The average molecular weight is 387 g/mol. The SMILES string of the molecule is CN1C2CCCC1CC(NC1CCC(n3nc4c(cc3=O)COCC4)CC1)C2. The van der Waals surface area contributed by atoms with Gasteiger partial charge in [0.1, 0.15) is 0 Å². The van der Waals surface area contributed by atoms with Crippen molar-refractivity contribution in [2.45, 2.75) is 101 Å². The zero-order chi connectivity index (χ0) is 19.1. The van der Waals surface area contributed by atoms with Gasteiger partial charge in [0, 0.05) is 42.2 Å². The molecule has 6 nitrogen and oxygen atoms in total. The van der Waals surface area contributed by atoms with Crippen molar-refractivity contribution < 1.29 is 4.74 Å². The maximum Gasteiger partial charge on any atom is 0.267 e. The molecule has 2 bridgehead atoms. The van der Waals surface area contributed by atoms with Crippen LogP contribution in [0.2, 0.25) is 0 Å². The monoisotopic (exact) mass is 386 g/mol. The van der Waals surface area contributed by atoms with Gasteiger partial charge in [-0.1, -0.05) is 6.42 Å². The first-order valence-electron chi connectivity index (χ1n) is 11.3. The van der Waals surface area contributed by atoms with Crippen LogP contribution in [0.15, 0.2) is 10.9 Å². The molecule has 1 aromatic rings. The van der Waals surface area contributed by atoms with Gasteiger partial charge in [-0.05, 0) is 58.4 Å². The van der Waals surface area contributed by atoms with E-state index in [0.717, 1.165) is 55.4 Å². The summed E-state index contributed by atoms with van der Waals surface area (Å²) >= 11 is 0. The van der Waals surface area contributed by atoms with Gasteiger partial charge in [-0.2, -0.15) is 5.10 Å². The standard InChI is InChI=1S/C22H34N4O2/c1-25-19-3-2-4-20(25)13-17(12-19)23-16-5-7-18(8-6-16)26-22(27)11-15-14-28-10-9-21(15)24-26/h11,16-20,23H,2-10,12-14H2,1H3. The molecule has 1 aromatic heterocycles. The van der Waals surface area contributed by atoms with Crippen LogP contribution >= 0.6 is 0 Å². The highest BCUT2D eigenvalue weighted by atomic mass is 16.5. The fourth-order valence-corrected chi connectivity index (χ4v) is 6.06. The summed E-state index contributed by atoms with van der Waals surface area (Å²) in [6, 6.07) is 4.86. The minimum Gasteiger partial charge on any atom is -0.376 e. The molecule has 2 unspecified atom stereocenters. The second kappa shape index (κ2) is 7.88. The van der Waals surface area contributed by atoms with E-state index in [9.17, 15) is 4.79 Å². The first-order chi connectivity index (χ1) is 13.7. The van der Waals surface area contributed by atoms with Crippen molar-refractivity contribution in [3.63, 3.8) is 0 Å². The summed E-state index contributed by atoms with van der Waals surface area (Å²) in [7, 11) is 2.32. The lowest BCUT2D eigenvalue weighted by Gasteiger charge is -2.48. The van der Waals surface area contributed by atoms with Crippen molar-refractivity contribution in [1.29, 1.82) is 0 Å². The molecule has 0 spiro atoms. The molecule has 3 fully saturated rings. The molecule has 5 rings (SSSR count). The van der Waals surface area contributed by atoms with Crippen LogP contribution in [0.3, 0.4) is 0 Å². The molecule has 6 heteroatoms. The Labute approximate surface area is 167 Å². The molecule has 3 aliphatic heterocycles. The summed E-state index contributed by atoms with van der Waals surface area (Å²) in [5.74, 6) is 0. The lowest BCUT2D eigenvalue weighted by molar-refractivity contribution is 0.0437. The molecule has 0 radical (unpaired) electrons. The molecule has 0 amide bonds. The number of nitrogens with zero attached hydrogens (tertiary/aromatic N) is 3. The molecular weight excluding hydrogens is 352 g/mol. The zero-order valence-corrected chi connectivity index (χ0v) is 17.1. The van der Waals surface area contributed by atoms with Crippen LogP contribution in [0, 0.1) is 0 Å². The summed E-state index contributed by atoms with van der Waals surface area (Å²) in [4.78, 5) is 15.2. The molecule has 154 valence electrons. The number of nitrogens with one attached hydrogen (secondary N) is 1. The molecule has 4 heterocycles. The van der Waals surface area contributed by atoms with Crippen LogP contribution in [-0.4, -0.2) is 52.5 Å². The van der Waals surface area contributed by atoms with Gasteiger partial charge in [0.05, 0.1) is 24.9 Å². The highest BCUT2D eigenvalue weighted by molar-refractivity contribution is 5.19. The van der Waals surface area contributed by atoms with E-state index in [-0.39, 0.29) is 11.6 Å². The van der Waals surface area contributed by atoms with E-state index in [4.69, 9.17) is 9.84 Å². The normalized spacial score (nSPS) is 36.1. The number of piperidine rings is 2. The number of hydrogen-bond donors (Lipinski definition) is 1. The summed E-state index contributed by atoms with van der Waals surface area (Å²) in [5, 5.41) is 8.71. The van der Waals surface area contributed by atoms with Crippen molar-refractivity contribution in [2.24, 2.45) is 0 Å². The molecular formula is C22H34N4O2. The van der Waals surface area contributed by atoms with Crippen LogP contribution in [0.1, 0.15) is 75.1 Å². The zero-order valence-electron chi connectivity index (χ0n) is 17.1. The second-order valence-electron chi connectivity index (χ2n) is 9.45. The minimum absolute atomic E-state index is 0.0452. The number of aromatic nitrogens is 2. The van der Waals surface area contributed by atoms with E-state index in [0.29, 0.717) is 25.3 Å². The Bertz CT molecular complexity index is 741. The molecule has 1 N–H and O–H groups in total. The predicted octanol–water partition coefficient (Wildman–Crippen LogP) is 2.40. The van der Waals surface area contributed by atoms with Crippen LogP contribution in [-0.2, 0) is 17.8 Å². The van der Waals surface area contributed by atoms with Crippen LogP contribution in [0.25, 0.3) is 0 Å². The maximum absolute atomic E-state index is 12.6. The molecule has 1 aliphatic carbocycles. The number of hydrogen-bond acceptors (Lipinski definition) is 5. The van der Waals surface area contributed by atoms with Gasteiger partial charge in [-0.25, -0.2) is 4.68 Å². The van der Waals surface area contributed by atoms with Crippen molar-refractivity contribution in [2.75, 3.05) is 13.7 Å². The van der Waals surface area contributed by atoms with Crippen molar-refractivity contribution in [3.8, 4) is 0 Å². The van der Waals surface area contributed by atoms with Crippen LogP contribution in [0.5, 0.6) is 0 Å². The number of ether oxygens (including phenoxy) is 1. The Morgan fingerprint density at radius 1 is 1.04 bits per heavy atom. The fraction of sp³-hybridized carbons (Fsp3) is 0.818. The van der Waals surface area contributed by atoms with Crippen LogP contribution < -0.4 is 10.9 Å². The summed E-state index contributed by atoms with van der Waals surface area (Å²) in [5.41, 5.74) is 2.09. The summed E-state index contributed by atoms with van der Waals surface area (Å²) in [6.07, 6.45) is 12.0. The van der Waals surface area contributed by atoms with E-state index >= 15 is 0 Å². The lowest BCUT2D eigenvalue weighted by Crippen LogP contribution is -2.56. The van der Waals surface area contributed by atoms with Crippen molar-refractivity contribution in [1.82, 2.24) is 20.0 Å². The predicted molar refractivity (Wildman–Crippen MR) is 108 cm³/mol. The maximum atomic E-state index is 12.6. The second-order valence-corrected chi connectivity index (χ2v) is 9.45. The third-order valence-electron chi connectivity index (χ3n) is 7.72. The highest BCUT2D eigenvalue weighted by Gasteiger charge is 2.37. The quantitative estimate of drug-likeness (QED) is 0.864. The van der Waals surface area contributed by atoms with Gasteiger partial charge < -0.3 is 15.0 Å². The van der Waals surface area contributed by atoms with Gasteiger partial charge in [-0.15, -0.1) is 0 Å². The third-order valence-corrected chi connectivity index (χ3v) is 7.72. The highest BCUT2D eigenvalue weighted by Crippen LogP contribution is 2.34. The number of rotatable bonds is 3. The van der Waals surface area contributed by atoms with Gasteiger partial charge in [0.25, 0.3) is 5.56 Å². The van der Waals surface area contributed by atoms with E-state index in [1.165, 1.54) is 32.1 Å². The molecule has 2 atom stereocenters. The smallest absolute Gasteiger partial charge is 0.267 e. The fourth-order valence-electron chi connectivity index (χ4n) is 6.06. The Hall–Kier alpha value is -1.24. The number of fused-ring (bicyclic) bond motifs is 3. The first kappa shape index (κ1) is 18.8. The van der Waals surface area contributed by atoms with Gasteiger partial charge in [0.2, 0.25) is 0 Å². The average Bonchev–Trinajstić information content (AvgIpc) is 2.69. The summed E-state index contributed by atoms with van der Waals surface area (Å²) in [6.45, 7) is 1.25. The molecule has 4 aliphatic rings. The van der Waals surface area contributed by atoms with E-state index in [1.807, 2.05) is 0 Å². The Morgan fingerprint density at radius 3 is 2.54 bits per heavy atom. The first-order valence-corrected chi connectivity index (χ1v) is 11.3. The Balaban J connectivity index is 1.19. The van der Waals surface area contributed by atoms with Gasteiger partial charge in [-0.3, -0.25) is 4.79 Å². The van der Waals surface area contributed by atoms with Crippen molar-refractivity contribution in [3.05, 3.63) is 27.7 Å². The lowest BCUT2D eigenvalue weighted by atomic mass is 9.81. The molecule has 2 saturated heterocycles. The topological polar surface area (TPSA) is 59.4 Å². The summed E-state index contributed by atoms with van der Waals surface area (Å²) < 4.78 is 7.24. The van der Waals surface area contributed by atoms with Crippen molar-refractivity contribution >= 4 is 0 Å². The van der Waals surface area contributed by atoms with Gasteiger partial charge in [0.15, 0.2) is 0 Å². The van der Waals surface area contributed by atoms with E-state index in [1.54, 1.807) is 10.7 Å². The Kier molecular flexibility index (Phi) is 5.28. The Morgan fingerprint density at radius 2 is 1.79 bits per heavy atom. The van der Waals surface area contributed by atoms with E-state index < -0.39 is 0 Å².